The van der Waals surface area contributed by atoms with E-state index < -0.39 is 12.5 Å². The first-order valence-corrected chi connectivity index (χ1v) is 13.1. The summed E-state index contributed by atoms with van der Waals surface area (Å²) >= 11 is 5.82. The van der Waals surface area contributed by atoms with Gasteiger partial charge in [-0.3, -0.25) is 9.53 Å². The van der Waals surface area contributed by atoms with E-state index in [0.29, 0.717) is 11.8 Å². The van der Waals surface area contributed by atoms with Gasteiger partial charge >= 0.3 is 6.36 Å². The van der Waals surface area contributed by atoms with Gasteiger partial charge in [0, 0.05) is 28.9 Å². The predicted octanol–water partition coefficient (Wildman–Crippen LogP) is 4.98. The molecule has 11 heteroatoms. The number of halogens is 4. The second-order valence-electron chi connectivity index (χ2n) is 9.41. The molecule has 37 heavy (non-hydrogen) atoms. The molecular formula is C26H38ClF3N2O5. The second-order valence-corrected chi connectivity index (χ2v) is 9.85. The van der Waals surface area contributed by atoms with Crippen molar-refractivity contribution in [2.24, 2.45) is 0 Å². The molecule has 1 amide bonds. The summed E-state index contributed by atoms with van der Waals surface area (Å²) in [7, 11) is 2.01. The summed E-state index contributed by atoms with van der Waals surface area (Å²) in [5.74, 6) is 1.00. The summed E-state index contributed by atoms with van der Waals surface area (Å²) in [5, 5.41) is 7.06. The van der Waals surface area contributed by atoms with Gasteiger partial charge in [0.1, 0.15) is 18.6 Å². The van der Waals surface area contributed by atoms with Crippen LogP contribution in [0.2, 0.25) is 5.02 Å². The van der Waals surface area contributed by atoms with Crippen LogP contribution in [-0.2, 0) is 25.5 Å². The van der Waals surface area contributed by atoms with Crippen LogP contribution in [0.25, 0.3) is 0 Å². The number of ether oxygens (including phenoxy) is 3. The topological polar surface area (TPSA) is 85.9 Å². The highest BCUT2D eigenvalue weighted by Crippen LogP contribution is 2.54. The van der Waals surface area contributed by atoms with Crippen LogP contribution in [0.3, 0.4) is 0 Å². The Morgan fingerprint density at radius 1 is 1.14 bits per heavy atom. The molecule has 210 valence electrons. The van der Waals surface area contributed by atoms with Crippen molar-refractivity contribution in [3.63, 3.8) is 0 Å². The van der Waals surface area contributed by atoms with E-state index in [2.05, 4.69) is 15.4 Å². The van der Waals surface area contributed by atoms with E-state index in [4.69, 9.17) is 21.1 Å². The van der Waals surface area contributed by atoms with Gasteiger partial charge in [-0.2, -0.15) is 0 Å². The van der Waals surface area contributed by atoms with Gasteiger partial charge in [0.15, 0.2) is 0 Å². The zero-order valence-electron chi connectivity index (χ0n) is 21.7. The molecule has 0 radical (unpaired) electrons. The molecule has 4 fully saturated rings. The third kappa shape index (κ3) is 9.42. The molecule has 4 aliphatic carbocycles. The number of hydrogen-bond donors (Lipinski definition) is 2. The highest BCUT2D eigenvalue weighted by Gasteiger charge is 2.59. The van der Waals surface area contributed by atoms with Crippen LogP contribution in [0, 0.1) is 0 Å². The van der Waals surface area contributed by atoms with Crippen molar-refractivity contribution in [3.8, 4) is 5.75 Å². The fourth-order valence-corrected chi connectivity index (χ4v) is 5.31. The van der Waals surface area contributed by atoms with Gasteiger partial charge in [-0.15, -0.1) is 13.2 Å². The number of carbonyl (C=O) groups excluding carboxylic acids is 2. The van der Waals surface area contributed by atoms with Crippen LogP contribution in [0.4, 0.5) is 13.2 Å². The Balaban J connectivity index is 0.000000189. The first-order chi connectivity index (χ1) is 17.6. The van der Waals surface area contributed by atoms with Crippen molar-refractivity contribution in [3.05, 3.63) is 28.8 Å². The van der Waals surface area contributed by atoms with E-state index in [9.17, 15) is 22.8 Å². The van der Waals surface area contributed by atoms with Gasteiger partial charge in [0.2, 0.25) is 6.41 Å². The van der Waals surface area contributed by atoms with E-state index in [-0.39, 0.29) is 31.1 Å². The highest BCUT2D eigenvalue weighted by molar-refractivity contribution is 6.30. The Hall–Kier alpha value is -1.88. The molecule has 4 saturated carbocycles. The summed E-state index contributed by atoms with van der Waals surface area (Å²) in [6, 6.07) is 5.79. The third-order valence-corrected chi connectivity index (χ3v) is 7.19. The van der Waals surface area contributed by atoms with Crippen LogP contribution < -0.4 is 15.4 Å². The van der Waals surface area contributed by atoms with Crippen molar-refractivity contribution >= 4 is 24.3 Å². The number of aldehydes is 1. The minimum absolute atomic E-state index is 0.0661. The molecule has 1 aromatic carbocycles. The van der Waals surface area contributed by atoms with E-state index in [0.717, 1.165) is 55.9 Å². The minimum atomic E-state index is -4.57. The lowest BCUT2D eigenvalue weighted by Gasteiger charge is -2.47. The van der Waals surface area contributed by atoms with Crippen molar-refractivity contribution in [1.82, 2.24) is 10.6 Å². The lowest BCUT2D eigenvalue weighted by molar-refractivity contribution is -0.356. The van der Waals surface area contributed by atoms with Crippen LogP contribution in [0.5, 0.6) is 5.75 Å². The smallest absolute Gasteiger partial charge is 0.493 e. The fraction of sp³-hybridized carbons (Fsp3) is 0.692. The fourth-order valence-electron chi connectivity index (χ4n) is 5.12. The summed E-state index contributed by atoms with van der Waals surface area (Å²) in [4.78, 5) is 20.1. The van der Waals surface area contributed by atoms with Crippen molar-refractivity contribution in [2.75, 3.05) is 20.3 Å². The molecule has 7 nitrogen and oxygen atoms in total. The Morgan fingerprint density at radius 3 is 2.38 bits per heavy atom. The van der Waals surface area contributed by atoms with Crippen molar-refractivity contribution in [1.29, 1.82) is 0 Å². The number of benzene rings is 1. The van der Waals surface area contributed by atoms with Gasteiger partial charge < -0.3 is 24.9 Å². The van der Waals surface area contributed by atoms with E-state index in [1.807, 2.05) is 39.1 Å². The highest BCUT2D eigenvalue weighted by atomic mass is 35.5. The lowest BCUT2D eigenvalue weighted by atomic mass is 9.71. The number of amides is 1. The summed E-state index contributed by atoms with van der Waals surface area (Å²) < 4.78 is 48.8. The Morgan fingerprint density at radius 2 is 1.81 bits per heavy atom. The van der Waals surface area contributed by atoms with Gasteiger partial charge in [-0.25, -0.2) is 0 Å². The molecule has 5 aliphatic rings. The number of fused-ring (bicyclic) bond motifs is 2. The average Bonchev–Trinajstić information content (AvgIpc) is 3.38. The number of nitrogens with one attached hydrogen (secondary N) is 2. The van der Waals surface area contributed by atoms with E-state index >= 15 is 0 Å². The lowest BCUT2D eigenvalue weighted by Crippen LogP contribution is -2.61. The Kier molecular flexibility index (Phi) is 12.1. The monoisotopic (exact) mass is 550 g/mol. The molecule has 0 aromatic heterocycles. The maximum Gasteiger partial charge on any atom is 0.522 e. The maximum atomic E-state index is 11.6. The third-order valence-electron chi connectivity index (χ3n) is 6.95. The van der Waals surface area contributed by atoms with Crippen molar-refractivity contribution < 1.29 is 37.0 Å². The number of alkyl halides is 3. The van der Waals surface area contributed by atoms with E-state index in [1.165, 1.54) is 12.0 Å². The Bertz CT molecular complexity index is 859. The molecule has 1 heterocycles. The SMILES string of the molecule is CC.CNC12CCC(NC=O)(C1)C2.Clc1ccc2c(c1)CCCO2.O=CCOC1CC(OC(F)(F)F)C1. The molecular weight excluding hydrogens is 513 g/mol. The molecule has 0 saturated heterocycles. The van der Waals surface area contributed by atoms with Crippen LogP contribution in [-0.4, -0.2) is 62.6 Å². The normalized spacial score (nSPS) is 28.5. The van der Waals surface area contributed by atoms with E-state index in [1.54, 1.807) is 0 Å². The van der Waals surface area contributed by atoms with Gasteiger partial charge in [0.05, 0.1) is 18.8 Å². The number of carbonyl (C=O) groups is 2. The quantitative estimate of drug-likeness (QED) is 0.466. The van der Waals surface area contributed by atoms with Crippen molar-refractivity contribution in [2.45, 2.75) is 94.9 Å². The Labute approximate surface area is 221 Å². The van der Waals surface area contributed by atoms with Gasteiger partial charge in [-0.05, 0) is 69.3 Å². The van der Waals surface area contributed by atoms with Crippen LogP contribution in [0.15, 0.2) is 18.2 Å². The summed E-state index contributed by atoms with van der Waals surface area (Å²) in [6.45, 7) is 4.78. The second kappa shape index (κ2) is 14.3. The summed E-state index contributed by atoms with van der Waals surface area (Å²) in [5.41, 5.74) is 1.78. The standard InChI is InChI=1S/C9H9ClO.C8H14N2O.C7H9F3O3.C2H6/c10-8-3-4-9-7(6-8)2-1-5-11-9;1-9-7-2-3-8(4-7,5-7)10-6-11;8-7(9,10)13-6-3-5(4-6)12-2-1-11;1-2/h3-4,6H,1-2,5H2;6,9H,2-5H2,1H3,(H,10,11);1,5-6H,2-4H2;1-2H3. The molecule has 2 bridgehead atoms. The predicted molar refractivity (Wildman–Crippen MR) is 135 cm³/mol. The van der Waals surface area contributed by atoms with Crippen LogP contribution in [0.1, 0.15) is 64.4 Å². The number of hydrogen-bond acceptors (Lipinski definition) is 6. The zero-order chi connectivity index (χ0) is 27.5. The first kappa shape index (κ1) is 31.3. The minimum Gasteiger partial charge on any atom is -0.493 e. The van der Waals surface area contributed by atoms with Crippen LogP contribution >= 0.6 is 11.6 Å². The molecule has 0 unspecified atom stereocenters. The van der Waals surface area contributed by atoms with Gasteiger partial charge in [-0.1, -0.05) is 25.4 Å². The first-order valence-electron chi connectivity index (χ1n) is 12.7. The maximum absolute atomic E-state index is 11.6. The number of rotatable bonds is 7. The molecule has 2 N–H and O–H groups in total. The zero-order valence-corrected chi connectivity index (χ0v) is 22.4. The molecule has 1 aliphatic heterocycles. The summed E-state index contributed by atoms with van der Waals surface area (Å²) in [6.07, 6.45) is 2.96. The number of aryl methyl sites for hydroxylation is 1. The molecule has 1 aromatic rings. The molecule has 0 atom stereocenters. The largest absolute Gasteiger partial charge is 0.522 e. The van der Waals surface area contributed by atoms with Gasteiger partial charge in [0.25, 0.3) is 0 Å². The average molecular weight is 551 g/mol. The molecule has 6 rings (SSSR count). The molecule has 0 spiro atoms.